The van der Waals surface area contributed by atoms with Crippen molar-refractivity contribution in [2.75, 3.05) is 19.5 Å². The third-order valence-electron chi connectivity index (χ3n) is 4.23. The van der Waals surface area contributed by atoms with E-state index in [2.05, 4.69) is 20.9 Å². The summed E-state index contributed by atoms with van der Waals surface area (Å²) in [6.07, 6.45) is 1.47. The van der Waals surface area contributed by atoms with Gasteiger partial charge in [-0.3, -0.25) is 9.79 Å². The fraction of sp³-hybridized carbons (Fsp3) is 0.182. The van der Waals surface area contributed by atoms with Gasteiger partial charge in [0.1, 0.15) is 5.75 Å². The van der Waals surface area contributed by atoms with Gasteiger partial charge in [-0.15, -0.1) is 0 Å². The first kappa shape index (κ1) is 20.0. The fourth-order valence-electron chi connectivity index (χ4n) is 2.70. The van der Waals surface area contributed by atoms with Crippen molar-refractivity contribution in [3.05, 3.63) is 83.8 Å². The molecule has 7 nitrogen and oxygen atoms in total. The standard InChI is InChI=1S/C22H24N4O3/c1-23-22(24-14-16-8-10-19(28-2)11-9-16)25-15-17-5-3-6-18(13-17)26-21(27)20-7-4-12-29-20/h3-13H,14-15H2,1-2H3,(H,26,27)(H2,23,24,25). The van der Waals surface area contributed by atoms with Crippen LogP contribution in [0.2, 0.25) is 0 Å². The van der Waals surface area contributed by atoms with Crippen LogP contribution in [0.15, 0.2) is 76.3 Å². The zero-order valence-corrected chi connectivity index (χ0v) is 16.4. The molecule has 7 heteroatoms. The largest absolute Gasteiger partial charge is 0.497 e. The lowest BCUT2D eigenvalue weighted by Crippen LogP contribution is -2.36. The zero-order valence-electron chi connectivity index (χ0n) is 16.4. The van der Waals surface area contributed by atoms with Crippen LogP contribution >= 0.6 is 0 Å². The molecule has 3 N–H and O–H groups in total. The molecule has 0 aliphatic rings. The molecule has 29 heavy (non-hydrogen) atoms. The summed E-state index contributed by atoms with van der Waals surface area (Å²) in [5.41, 5.74) is 2.83. The highest BCUT2D eigenvalue weighted by molar-refractivity contribution is 6.02. The van der Waals surface area contributed by atoms with E-state index in [1.165, 1.54) is 6.26 Å². The Balaban J connectivity index is 1.51. The van der Waals surface area contributed by atoms with Gasteiger partial charge in [-0.1, -0.05) is 24.3 Å². The molecule has 150 valence electrons. The van der Waals surface area contributed by atoms with Crippen LogP contribution in [-0.2, 0) is 13.1 Å². The molecular weight excluding hydrogens is 368 g/mol. The normalized spacial score (nSPS) is 11.0. The van der Waals surface area contributed by atoms with Crippen molar-refractivity contribution < 1.29 is 13.9 Å². The highest BCUT2D eigenvalue weighted by Gasteiger charge is 2.09. The van der Waals surface area contributed by atoms with E-state index < -0.39 is 0 Å². The third-order valence-corrected chi connectivity index (χ3v) is 4.23. The van der Waals surface area contributed by atoms with Crippen LogP contribution in [0.3, 0.4) is 0 Å². The number of benzene rings is 2. The van der Waals surface area contributed by atoms with Crippen molar-refractivity contribution in [2.45, 2.75) is 13.1 Å². The number of hydrogen-bond acceptors (Lipinski definition) is 4. The fourth-order valence-corrected chi connectivity index (χ4v) is 2.70. The maximum Gasteiger partial charge on any atom is 0.291 e. The molecule has 0 aliphatic heterocycles. The average molecular weight is 392 g/mol. The second-order valence-electron chi connectivity index (χ2n) is 6.26. The second-order valence-corrected chi connectivity index (χ2v) is 6.26. The summed E-state index contributed by atoms with van der Waals surface area (Å²) < 4.78 is 10.3. The Morgan fingerprint density at radius 3 is 2.41 bits per heavy atom. The van der Waals surface area contributed by atoms with E-state index in [1.54, 1.807) is 26.3 Å². The Hall–Kier alpha value is -3.74. The highest BCUT2D eigenvalue weighted by Crippen LogP contribution is 2.13. The van der Waals surface area contributed by atoms with Crippen LogP contribution in [0.1, 0.15) is 21.7 Å². The number of amides is 1. The van der Waals surface area contributed by atoms with Gasteiger partial charge in [0.25, 0.3) is 5.91 Å². The number of methoxy groups -OCH3 is 1. The molecular formula is C22H24N4O3. The van der Waals surface area contributed by atoms with Gasteiger partial charge < -0.3 is 25.1 Å². The van der Waals surface area contributed by atoms with Gasteiger partial charge in [-0.25, -0.2) is 0 Å². The van der Waals surface area contributed by atoms with Crippen LogP contribution in [0, 0.1) is 0 Å². The summed E-state index contributed by atoms with van der Waals surface area (Å²) in [5, 5.41) is 9.37. The van der Waals surface area contributed by atoms with Crippen LogP contribution < -0.4 is 20.7 Å². The minimum Gasteiger partial charge on any atom is -0.497 e. The molecule has 0 saturated heterocycles. The molecule has 0 fully saturated rings. The smallest absolute Gasteiger partial charge is 0.291 e. The van der Waals surface area contributed by atoms with Crippen LogP contribution in [0.4, 0.5) is 5.69 Å². The van der Waals surface area contributed by atoms with E-state index in [0.29, 0.717) is 24.7 Å². The first-order chi connectivity index (χ1) is 14.2. The van der Waals surface area contributed by atoms with Gasteiger partial charge >= 0.3 is 0 Å². The third kappa shape index (κ3) is 5.87. The van der Waals surface area contributed by atoms with Crippen molar-refractivity contribution in [2.24, 2.45) is 4.99 Å². The number of anilines is 1. The molecule has 1 aromatic heterocycles. The van der Waals surface area contributed by atoms with Crippen LogP contribution in [0.25, 0.3) is 0 Å². The lowest BCUT2D eigenvalue weighted by Gasteiger charge is -2.13. The molecule has 0 unspecified atom stereocenters. The molecule has 0 saturated carbocycles. The Morgan fingerprint density at radius 2 is 1.76 bits per heavy atom. The molecule has 0 bridgehead atoms. The molecule has 1 amide bonds. The minimum atomic E-state index is -0.280. The van der Waals surface area contributed by atoms with E-state index in [1.807, 2.05) is 48.5 Å². The lowest BCUT2D eigenvalue weighted by atomic mass is 10.2. The number of nitrogens with zero attached hydrogens (tertiary/aromatic N) is 1. The highest BCUT2D eigenvalue weighted by atomic mass is 16.5. The Bertz CT molecular complexity index is 950. The van der Waals surface area contributed by atoms with Crippen molar-refractivity contribution in [1.82, 2.24) is 10.6 Å². The number of carbonyl (C=O) groups excluding carboxylic acids is 1. The Labute approximate surface area is 169 Å². The van der Waals surface area contributed by atoms with Gasteiger partial charge in [0.15, 0.2) is 11.7 Å². The summed E-state index contributed by atoms with van der Waals surface area (Å²) in [4.78, 5) is 16.3. The Kier molecular flexibility index (Phi) is 6.89. The van der Waals surface area contributed by atoms with Crippen molar-refractivity contribution in [3.8, 4) is 5.75 Å². The second kappa shape index (κ2) is 9.98. The summed E-state index contributed by atoms with van der Waals surface area (Å²) in [6.45, 7) is 1.20. The Morgan fingerprint density at radius 1 is 1.00 bits per heavy atom. The van der Waals surface area contributed by atoms with Crippen LogP contribution in [-0.4, -0.2) is 26.0 Å². The number of nitrogens with one attached hydrogen (secondary N) is 3. The number of carbonyl (C=O) groups is 1. The predicted molar refractivity (Wildman–Crippen MR) is 113 cm³/mol. The molecule has 0 atom stereocenters. The molecule has 0 aliphatic carbocycles. The molecule has 0 spiro atoms. The first-order valence-electron chi connectivity index (χ1n) is 9.19. The minimum absolute atomic E-state index is 0.275. The lowest BCUT2D eigenvalue weighted by molar-refractivity contribution is 0.0996. The molecule has 0 radical (unpaired) electrons. The number of furan rings is 1. The quantitative estimate of drug-likeness (QED) is 0.424. The number of ether oxygens (including phenoxy) is 1. The van der Waals surface area contributed by atoms with Crippen molar-refractivity contribution >= 4 is 17.6 Å². The van der Waals surface area contributed by atoms with Crippen LogP contribution in [0.5, 0.6) is 5.75 Å². The maximum absolute atomic E-state index is 12.1. The van der Waals surface area contributed by atoms with E-state index in [4.69, 9.17) is 9.15 Å². The molecule has 3 aromatic rings. The average Bonchev–Trinajstić information content (AvgIpc) is 3.30. The molecule has 2 aromatic carbocycles. The number of hydrogen-bond donors (Lipinski definition) is 3. The zero-order chi connectivity index (χ0) is 20.5. The van der Waals surface area contributed by atoms with Crippen molar-refractivity contribution in [1.29, 1.82) is 0 Å². The number of guanidine groups is 1. The van der Waals surface area contributed by atoms with E-state index in [-0.39, 0.29) is 11.7 Å². The van der Waals surface area contributed by atoms with E-state index in [9.17, 15) is 4.79 Å². The summed E-state index contributed by atoms with van der Waals surface area (Å²) >= 11 is 0. The maximum atomic E-state index is 12.1. The van der Waals surface area contributed by atoms with Gasteiger partial charge in [0.05, 0.1) is 13.4 Å². The monoisotopic (exact) mass is 392 g/mol. The summed E-state index contributed by atoms with van der Waals surface area (Å²) in [6, 6.07) is 18.8. The van der Waals surface area contributed by atoms with Gasteiger partial charge in [-0.05, 0) is 47.5 Å². The number of rotatable bonds is 7. The van der Waals surface area contributed by atoms with E-state index in [0.717, 1.165) is 16.9 Å². The SMILES string of the molecule is CN=C(NCc1ccc(OC)cc1)NCc1cccc(NC(=O)c2ccco2)c1. The summed E-state index contributed by atoms with van der Waals surface area (Å²) in [7, 11) is 3.37. The van der Waals surface area contributed by atoms with Gasteiger partial charge in [-0.2, -0.15) is 0 Å². The van der Waals surface area contributed by atoms with Gasteiger partial charge in [0, 0.05) is 25.8 Å². The number of aliphatic imine (C=N–C) groups is 1. The molecule has 1 heterocycles. The van der Waals surface area contributed by atoms with E-state index >= 15 is 0 Å². The predicted octanol–water partition coefficient (Wildman–Crippen LogP) is 3.41. The summed E-state index contributed by atoms with van der Waals surface area (Å²) in [5.74, 6) is 1.51. The first-order valence-corrected chi connectivity index (χ1v) is 9.19. The van der Waals surface area contributed by atoms with Crippen molar-refractivity contribution in [3.63, 3.8) is 0 Å². The topological polar surface area (TPSA) is 87.9 Å². The van der Waals surface area contributed by atoms with Gasteiger partial charge in [0.2, 0.25) is 0 Å². The molecule has 3 rings (SSSR count).